The lowest BCUT2D eigenvalue weighted by atomic mass is 9.91. The lowest BCUT2D eigenvalue weighted by molar-refractivity contribution is 0.236. The number of ether oxygens (including phenoxy) is 1. The molecular formula is C21H25FN2O2. The first-order valence-corrected chi connectivity index (χ1v) is 9.23. The highest BCUT2D eigenvalue weighted by molar-refractivity contribution is 5.73. The summed E-state index contributed by atoms with van der Waals surface area (Å²) in [5.74, 6) is 0.693. The molecule has 2 N–H and O–H groups in total. The van der Waals surface area contributed by atoms with Crippen LogP contribution in [0.2, 0.25) is 0 Å². The molecule has 2 aromatic rings. The van der Waals surface area contributed by atoms with E-state index < -0.39 is 0 Å². The fourth-order valence-electron chi connectivity index (χ4n) is 3.28. The molecule has 0 atom stereocenters. The Kier molecular flexibility index (Phi) is 6.47. The van der Waals surface area contributed by atoms with Crippen molar-refractivity contribution < 1.29 is 13.9 Å². The van der Waals surface area contributed by atoms with E-state index in [1.165, 1.54) is 30.0 Å². The van der Waals surface area contributed by atoms with Crippen LogP contribution in [0.5, 0.6) is 5.75 Å². The first-order chi connectivity index (χ1) is 12.7. The second-order valence-corrected chi connectivity index (χ2v) is 6.47. The Labute approximate surface area is 153 Å². The molecule has 2 amide bonds. The van der Waals surface area contributed by atoms with Crippen LogP contribution in [0.25, 0.3) is 0 Å². The number of nitrogens with one attached hydrogen (secondary N) is 2. The van der Waals surface area contributed by atoms with E-state index in [1.807, 2.05) is 12.1 Å². The van der Waals surface area contributed by atoms with Gasteiger partial charge >= 0.3 is 6.03 Å². The molecule has 0 aliphatic heterocycles. The number of fused-ring (bicyclic) bond motifs is 1. The molecule has 0 aromatic heterocycles. The van der Waals surface area contributed by atoms with Crippen LogP contribution in [0.3, 0.4) is 0 Å². The van der Waals surface area contributed by atoms with Gasteiger partial charge in [0.1, 0.15) is 18.2 Å². The van der Waals surface area contributed by atoms with Gasteiger partial charge in [-0.25, -0.2) is 9.18 Å². The first-order valence-electron chi connectivity index (χ1n) is 9.23. The predicted molar refractivity (Wildman–Crippen MR) is 100 cm³/mol. The minimum atomic E-state index is -0.264. The maximum atomic E-state index is 13.5. The van der Waals surface area contributed by atoms with Gasteiger partial charge < -0.3 is 15.4 Å². The van der Waals surface area contributed by atoms with Gasteiger partial charge in [-0.05, 0) is 60.9 Å². The number of rotatable bonds is 7. The molecule has 0 bridgehead atoms. The molecule has 1 aliphatic rings. The van der Waals surface area contributed by atoms with Crippen molar-refractivity contribution in [1.29, 1.82) is 0 Å². The van der Waals surface area contributed by atoms with Gasteiger partial charge in [0.05, 0.1) is 6.54 Å². The van der Waals surface area contributed by atoms with E-state index in [0.29, 0.717) is 31.7 Å². The van der Waals surface area contributed by atoms with Gasteiger partial charge in [-0.1, -0.05) is 30.3 Å². The summed E-state index contributed by atoms with van der Waals surface area (Å²) in [5.41, 5.74) is 3.30. The Hall–Kier alpha value is -2.56. The Morgan fingerprint density at radius 2 is 1.81 bits per heavy atom. The summed E-state index contributed by atoms with van der Waals surface area (Å²) < 4.78 is 19.4. The summed E-state index contributed by atoms with van der Waals surface area (Å²) in [7, 11) is 0. The van der Waals surface area contributed by atoms with Crippen LogP contribution in [0.15, 0.2) is 42.5 Å². The van der Waals surface area contributed by atoms with Gasteiger partial charge in [0.15, 0.2) is 0 Å². The summed E-state index contributed by atoms with van der Waals surface area (Å²) >= 11 is 0. The number of urea groups is 1. The zero-order chi connectivity index (χ0) is 18.2. The number of amides is 2. The van der Waals surface area contributed by atoms with Crippen molar-refractivity contribution in [2.75, 3.05) is 19.7 Å². The number of carbonyl (C=O) groups excluding carboxylic acids is 1. The molecule has 0 heterocycles. The van der Waals surface area contributed by atoms with Crippen molar-refractivity contribution in [3.05, 3.63) is 65.0 Å². The van der Waals surface area contributed by atoms with Crippen molar-refractivity contribution in [2.24, 2.45) is 0 Å². The summed E-state index contributed by atoms with van der Waals surface area (Å²) in [5, 5.41) is 5.50. The third-order valence-corrected chi connectivity index (χ3v) is 4.64. The van der Waals surface area contributed by atoms with Gasteiger partial charge in [0.2, 0.25) is 0 Å². The zero-order valence-corrected chi connectivity index (χ0v) is 14.9. The standard InChI is InChI=1S/C21H25FN2O2/c22-19-10-4-2-7-17(19)12-13-23-21(25)24-14-15-26-20-11-5-8-16-6-1-3-9-18(16)20/h2,4-5,7-8,10-11H,1,3,6,9,12-15H2,(H2,23,24,25). The summed E-state index contributed by atoms with van der Waals surface area (Å²) in [6, 6.07) is 12.5. The predicted octanol–water partition coefficient (Wildman–Crippen LogP) is 3.63. The fraction of sp³-hybridized carbons (Fsp3) is 0.381. The molecule has 0 saturated carbocycles. The largest absolute Gasteiger partial charge is 0.491 e. The summed E-state index contributed by atoms with van der Waals surface area (Å²) in [6.07, 6.45) is 5.10. The normalized spacial score (nSPS) is 13.0. The number of hydrogen-bond acceptors (Lipinski definition) is 2. The van der Waals surface area contributed by atoms with Crippen LogP contribution in [-0.4, -0.2) is 25.7 Å². The van der Waals surface area contributed by atoms with E-state index in [4.69, 9.17) is 4.74 Å². The Bertz CT molecular complexity index is 749. The highest BCUT2D eigenvalue weighted by Crippen LogP contribution is 2.29. The van der Waals surface area contributed by atoms with Gasteiger partial charge in [0, 0.05) is 6.54 Å². The monoisotopic (exact) mass is 356 g/mol. The SMILES string of the molecule is O=C(NCCOc1cccc2c1CCCC2)NCCc1ccccc1F. The summed E-state index contributed by atoms with van der Waals surface area (Å²) in [4.78, 5) is 11.8. The van der Waals surface area contributed by atoms with Crippen molar-refractivity contribution in [3.8, 4) is 5.75 Å². The molecule has 26 heavy (non-hydrogen) atoms. The molecule has 4 nitrogen and oxygen atoms in total. The molecule has 3 rings (SSSR count). The Morgan fingerprint density at radius 1 is 1.00 bits per heavy atom. The minimum absolute atomic E-state index is 0.241. The lowest BCUT2D eigenvalue weighted by Gasteiger charge is -2.19. The van der Waals surface area contributed by atoms with Crippen LogP contribution in [0.4, 0.5) is 9.18 Å². The Balaban J connectivity index is 1.35. The minimum Gasteiger partial charge on any atom is -0.491 e. The van der Waals surface area contributed by atoms with Crippen LogP contribution in [-0.2, 0) is 19.3 Å². The zero-order valence-electron chi connectivity index (χ0n) is 14.9. The fourth-order valence-corrected chi connectivity index (χ4v) is 3.28. The van der Waals surface area contributed by atoms with Crippen molar-refractivity contribution in [3.63, 3.8) is 0 Å². The topological polar surface area (TPSA) is 50.4 Å². The van der Waals surface area contributed by atoms with Crippen LogP contribution < -0.4 is 15.4 Å². The maximum Gasteiger partial charge on any atom is 0.314 e. The van der Waals surface area contributed by atoms with Crippen molar-refractivity contribution in [2.45, 2.75) is 32.1 Å². The molecule has 2 aromatic carbocycles. The van der Waals surface area contributed by atoms with Crippen LogP contribution in [0.1, 0.15) is 29.5 Å². The van der Waals surface area contributed by atoms with E-state index in [9.17, 15) is 9.18 Å². The van der Waals surface area contributed by atoms with Gasteiger partial charge in [-0.3, -0.25) is 0 Å². The van der Waals surface area contributed by atoms with E-state index in [-0.39, 0.29) is 11.8 Å². The van der Waals surface area contributed by atoms with Crippen LogP contribution >= 0.6 is 0 Å². The summed E-state index contributed by atoms with van der Waals surface area (Å²) in [6.45, 7) is 1.24. The molecule has 0 fully saturated rings. The second kappa shape index (κ2) is 9.22. The molecular weight excluding hydrogens is 331 g/mol. The highest BCUT2D eigenvalue weighted by Gasteiger charge is 2.13. The number of benzene rings is 2. The van der Waals surface area contributed by atoms with Gasteiger partial charge in [-0.2, -0.15) is 0 Å². The molecule has 0 unspecified atom stereocenters. The first kappa shape index (κ1) is 18.2. The molecule has 138 valence electrons. The maximum absolute atomic E-state index is 13.5. The van der Waals surface area contributed by atoms with Crippen molar-refractivity contribution >= 4 is 6.03 Å². The molecule has 0 spiro atoms. The van der Waals surface area contributed by atoms with E-state index in [0.717, 1.165) is 18.6 Å². The van der Waals surface area contributed by atoms with Crippen molar-refractivity contribution in [1.82, 2.24) is 10.6 Å². The number of carbonyl (C=O) groups is 1. The van der Waals surface area contributed by atoms with Crippen LogP contribution in [0, 0.1) is 5.82 Å². The van der Waals surface area contributed by atoms with E-state index in [2.05, 4.69) is 16.7 Å². The highest BCUT2D eigenvalue weighted by atomic mass is 19.1. The number of hydrogen-bond donors (Lipinski definition) is 2. The third-order valence-electron chi connectivity index (χ3n) is 4.64. The Morgan fingerprint density at radius 3 is 2.69 bits per heavy atom. The molecule has 5 heteroatoms. The molecule has 0 radical (unpaired) electrons. The average molecular weight is 356 g/mol. The van der Waals surface area contributed by atoms with Gasteiger partial charge in [-0.15, -0.1) is 0 Å². The third kappa shape index (κ3) is 4.97. The van der Waals surface area contributed by atoms with Gasteiger partial charge in [0.25, 0.3) is 0 Å². The second-order valence-electron chi connectivity index (χ2n) is 6.47. The average Bonchev–Trinajstić information content (AvgIpc) is 2.67. The number of aryl methyl sites for hydroxylation is 1. The lowest BCUT2D eigenvalue weighted by Crippen LogP contribution is -2.38. The number of halogens is 1. The molecule has 1 aliphatic carbocycles. The van der Waals surface area contributed by atoms with E-state index in [1.54, 1.807) is 18.2 Å². The molecule has 0 saturated heterocycles. The van der Waals surface area contributed by atoms with E-state index >= 15 is 0 Å². The smallest absolute Gasteiger partial charge is 0.314 e. The quantitative estimate of drug-likeness (QED) is 0.745.